The zero-order valence-corrected chi connectivity index (χ0v) is 9.48. The van der Waals surface area contributed by atoms with Crippen molar-refractivity contribution in [1.82, 2.24) is 15.2 Å². The van der Waals surface area contributed by atoms with Crippen LogP contribution in [0.15, 0.2) is 35.3 Å². The van der Waals surface area contributed by atoms with Crippen molar-refractivity contribution in [2.45, 2.75) is 12.5 Å². The normalized spacial score (nSPS) is 12.7. The predicted molar refractivity (Wildman–Crippen MR) is 59.2 cm³/mol. The van der Waals surface area contributed by atoms with Gasteiger partial charge < -0.3 is 5.11 Å². The van der Waals surface area contributed by atoms with Crippen LogP contribution in [0.2, 0.25) is 0 Å². The number of rotatable bonds is 3. The number of aromatic nitrogens is 3. The smallest absolute Gasteiger partial charge is 0.0861 e. The van der Waals surface area contributed by atoms with E-state index < -0.39 is 6.10 Å². The third-order valence-electron chi connectivity index (χ3n) is 2.17. The topological polar surface area (TPSA) is 61.8 Å². The molecule has 0 saturated heterocycles. The van der Waals surface area contributed by atoms with Crippen LogP contribution in [0.4, 0.5) is 0 Å². The maximum Gasteiger partial charge on any atom is 0.0861 e. The van der Waals surface area contributed by atoms with E-state index in [1.54, 1.807) is 24.8 Å². The van der Waals surface area contributed by atoms with Gasteiger partial charge in [0.25, 0.3) is 0 Å². The maximum atomic E-state index is 9.89. The van der Waals surface area contributed by atoms with Crippen molar-refractivity contribution in [1.29, 1.82) is 0 Å². The van der Waals surface area contributed by atoms with E-state index in [0.717, 1.165) is 15.6 Å². The fourth-order valence-corrected chi connectivity index (χ4v) is 1.75. The molecule has 2 aromatic heterocycles. The van der Waals surface area contributed by atoms with Crippen molar-refractivity contribution in [2.75, 3.05) is 0 Å². The van der Waals surface area contributed by atoms with Gasteiger partial charge in [-0.05, 0) is 27.6 Å². The summed E-state index contributed by atoms with van der Waals surface area (Å²) in [7, 11) is 0. The fourth-order valence-electron chi connectivity index (χ4n) is 1.34. The molecule has 1 unspecified atom stereocenters. The van der Waals surface area contributed by atoms with Crippen LogP contribution in [-0.4, -0.2) is 20.3 Å². The van der Waals surface area contributed by atoms with Crippen LogP contribution in [0.3, 0.4) is 0 Å². The number of H-pyrrole nitrogens is 1. The van der Waals surface area contributed by atoms with E-state index in [1.807, 2.05) is 6.07 Å². The lowest BCUT2D eigenvalue weighted by atomic mass is 10.1. The highest BCUT2D eigenvalue weighted by atomic mass is 79.9. The Labute approximate surface area is 95.5 Å². The lowest BCUT2D eigenvalue weighted by Gasteiger charge is -2.09. The Kier molecular flexibility index (Phi) is 3.13. The highest BCUT2D eigenvalue weighted by Crippen LogP contribution is 2.22. The van der Waals surface area contributed by atoms with Crippen molar-refractivity contribution in [3.8, 4) is 0 Å². The highest BCUT2D eigenvalue weighted by molar-refractivity contribution is 9.10. The molecule has 4 nitrogen and oxygen atoms in total. The van der Waals surface area contributed by atoms with Gasteiger partial charge in [0.05, 0.1) is 12.3 Å². The van der Waals surface area contributed by atoms with Crippen LogP contribution >= 0.6 is 15.9 Å². The second-order valence-corrected chi connectivity index (χ2v) is 4.07. The summed E-state index contributed by atoms with van der Waals surface area (Å²) in [6.07, 6.45) is 6.75. The monoisotopic (exact) mass is 267 g/mol. The molecule has 0 aliphatic rings. The largest absolute Gasteiger partial charge is 0.388 e. The molecule has 5 heteroatoms. The number of pyridine rings is 1. The number of hydrogen-bond acceptors (Lipinski definition) is 3. The molecule has 0 aliphatic carbocycles. The minimum Gasteiger partial charge on any atom is -0.388 e. The Morgan fingerprint density at radius 2 is 2.33 bits per heavy atom. The molecule has 0 fully saturated rings. The summed E-state index contributed by atoms with van der Waals surface area (Å²) in [6, 6.07) is 1.88. The first kappa shape index (κ1) is 10.3. The number of nitrogens with zero attached hydrogens (tertiary/aromatic N) is 2. The van der Waals surface area contributed by atoms with E-state index in [9.17, 15) is 5.11 Å². The molecule has 2 N–H and O–H groups in total. The molecule has 0 spiro atoms. The van der Waals surface area contributed by atoms with Gasteiger partial charge >= 0.3 is 0 Å². The van der Waals surface area contributed by atoms with Crippen LogP contribution in [0.1, 0.15) is 17.2 Å². The van der Waals surface area contributed by atoms with Gasteiger partial charge in [-0.25, -0.2) is 0 Å². The fraction of sp³-hybridized carbons (Fsp3) is 0.200. The Hall–Kier alpha value is -1.20. The lowest BCUT2D eigenvalue weighted by molar-refractivity contribution is 0.178. The first-order chi connectivity index (χ1) is 7.27. The van der Waals surface area contributed by atoms with Crippen molar-refractivity contribution in [2.24, 2.45) is 0 Å². The van der Waals surface area contributed by atoms with E-state index in [0.29, 0.717) is 6.42 Å². The molecule has 2 aromatic rings. The summed E-state index contributed by atoms with van der Waals surface area (Å²) in [5.41, 5.74) is 1.82. The van der Waals surface area contributed by atoms with Gasteiger partial charge in [0.15, 0.2) is 0 Å². The maximum absolute atomic E-state index is 9.89. The Balaban J connectivity index is 2.13. The summed E-state index contributed by atoms with van der Waals surface area (Å²) >= 11 is 3.39. The molecule has 78 valence electrons. The van der Waals surface area contributed by atoms with Crippen molar-refractivity contribution < 1.29 is 5.11 Å². The average molecular weight is 268 g/mol. The Morgan fingerprint density at radius 3 is 3.00 bits per heavy atom. The molecule has 0 bridgehead atoms. The Bertz CT molecular complexity index is 430. The highest BCUT2D eigenvalue weighted by Gasteiger charge is 2.11. The molecule has 1 atom stereocenters. The minimum absolute atomic E-state index is 0.539. The number of aliphatic hydroxyl groups is 1. The van der Waals surface area contributed by atoms with E-state index in [2.05, 4.69) is 31.1 Å². The van der Waals surface area contributed by atoms with E-state index in [1.165, 1.54) is 0 Å². The number of hydrogen-bond donors (Lipinski definition) is 2. The molecule has 0 aliphatic heterocycles. The standard InChI is InChI=1S/C10H10BrN3O/c11-9-6-12-2-1-7(9)3-10(15)8-4-13-14-5-8/h1-2,4-6,10,15H,3H2,(H,13,14). The zero-order chi connectivity index (χ0) is 10.7. The molecule has 2 heterocycles. The summed E-state index contributed by atoms with van der Waals surface area (Å²) in [6.45, 7) is 0. The minimum atomic E-state index is -0.539. The lowest BCUT2D eigenvalue weighted by Crippen LogP contribution is -2.01. The van der Waals surface area contributed by atoms with Gasteiger partial charge in [0, 0.05) is 35.0 Å². The third-order valence-corrected chi connectivity index (χ3v) is 2.89. The summed E-state index contributed by atoms with van der Waals surface area (Å²) in [5.74, 6) is 0. The van der Waals surface area contributed by atoms with E-state index in [-0.39, 0.29) is 0 Å². The third kappa shape index (κ3) is 2.43. The SMILES string of the molecule is OC(Cc1ccncc1Br)c1cn[nH]c1. The molecular formula is C10H10BrN3O. The van der Waals surface area contributed by atoms with Gasteiger partial charge in [0.1, 0.15) is 0 Å². The van der Waals surface area contributed by atoms with Crippen LogP contribution in [0, 0.1) is 0 Å². The quantitative estimate of drug-likeness (QED) is 0.892. The second-order valence-electron chi connectivity index (χ2n) is 3.22. The zero-order valence-electron chi connectivity index (χ0n) is 7.89. The molecule has 15 heavy (non-hydrogen) atoms. The number of halogens is 1. The molecule has 0 radical (unpaired) electrons. The van der Waals surface area contributed by atoms with Crippen LogP contribution in [0.5, 0.6) is 0 Å². The van der Waals surface area contributed by atoms with E-state index >= 15 is 0 Å². The first-order valence-electron chi connectivity index (χ1n) is 4.52. The first-order valence-corrected chi connectivity index (χ1v) is 5.32. The van der Waals surface area contributed by atoms with Gasteiger partial charge in [-0.15, -0.1) is 0 Å². The van der Waals surface area contributed by atoms with Gasteiger partial charge in [-0.2, -0.15) is 5.10 Å². The summed E-state index contributed by atoms with van der Waals surface area (Å²) < 4.78 is 0.910. The molecule has 0 amide bonds. The van der Waals surface area contributed by atoms with E-state index in [4.69, 9.17) is 0 Å². The predicted octanol–water partition coefficient (Wildman–Crippen LogP) is 1.84. The summed E-state index contributed by atoms with van der Waals surface area (Å²) in [5, 5.41) is 16.4. The van der Waals surface area contributed by atoms with Gasteiger partial charge in [-0.3, -0.25) is 10.1 Å². The molecule has 0 aromatic carbocycles. The molecular weight excluding hydrogens is 258 g/mol. The van der Waals surface area contributed by atoms with Crippen molar-refractivity contribution in [3.63, 3.8) is 0 Å². The van der Waals surface area contributed by atoms with Gasteiger partial charge in [0.2, 0.25) is 0 Å². The summed E-state index contributed by atoms with van der Waals surface area (Å²) in [4.78, 5) is 3.97. The molecule has 0 saturated carbocycles. The number of nitrogens with one attached hydrogen (secondary N) is 1. The number of aromatic amines is 1. The van der Waals surface area contributed by atoms with Crippen LogP contribution < -0.4 is 0 Å². The average Bonchev–Trinajstić information content (AvgIpc) is 2.74. The van der Waals surface area contributed by atoms with Crippen LogP contribution in [-0.2, 0) is 6.42 Å². The van der Waals surface area contributed by atoms with Crippen molar-refractivity contribution in [3.05, 3.63) is 46.5 Å². The second kappa shape index (κ2) is 4.55. The number of aliphatic hydroxyl groups excluding tert-OH is 1. The van der Waals surface area contributed by atoms with Crippen molar-refractivity contribution >= 4 is 15.9 Å². The molecule has 2 rings (SSSR count). The van der Waals surface area contributed by atoms with Gasteiger partial charge in [-0.1, -0.05) is 0 Å². The van der Waals surface area contributed by atoms with Crippen LogP contribution in [0.25, 0.3) is 0 Å². The Morgan fingerprint density at radius 1 is 1.47 bits per heavy atom.